The van der Waals surface area contributed by atoms with Gasteiger partial charge in [-0.2, -0.15) is 0 Å². The quantitative estimate of drug-likeness (QED) is 0.608. The second-order valence-electron chi connectivity index (χ2n) is 4.89. The van der Waals surface area contributed by atoms with E-state index in [1.165, 1.54) is 0 Å². The van der Waals surface area contributed by atoms with Gasteiger partial charge in [-0.1, -0.05) is 12.1 Å². The first-order valence-corrected chi connectivity index (χ1v) is 6.24. The van der Waals surface area contributed by atoms with Crippen molar-refractivity contribution in [3.63, 3.8) is 0 Å². The van der Waals surface area contributed by atoms with E-state index >= 15 is 0 Å². The molecular formula is C13H19N3O2. The van der Waals surface area contributed by atoms with Crippen molar-refractivity contribution in [1.29, 1.82) is 0 Å². The van der Waals surface area contributed by atoms with E-state index in [4.69, 9.17) is 0 Å². The highest BCUT2D eigenvalue weighted by molar-refractivity contribution is 5.63. The number of para-hydroxylation sites is 2. The summed E-state index contributed by atoms with van der Waals surface area (Å²) in [5, 5.41) is 11.0. The number of rotatable bonds is 3. The predicted octanol–water partition coefficient (Wildman–Crippen LogP) is 2.13. The molecule has 0 amide bonds. The number of piperidine rings is 1. The number of anilines is 1. The lowest BCUT2D eigenvalue weighted by molar-refractivity contribution is -0.384. The van der Waals surface area contributed by atoms with Crippen molar-refractivity contribution in [2.75, 3.05) is 32.1 Å². The molecule has 0 aliphatic carbocycles. The number of hydrogen-bond donors (Lipinski definition) is 0. The molecule has 1 aliphatic heterocycles. The van der Waals surface area contributed by atoms with Crippen LogP contribution in [0.5, 0.6) is 0 Å². The van der Waals surface area contributed by atoms with Crippen molar-refractivity contribution >= 4 is 11.4 Å². The molecule has 0 spiro atoms. The van der Waals surface area contributed by atoms with Crippen LogP contribution in [0.1, 0.15) is 12.8 Å². The Hall–Kier alpha value is -1.62. The van der Waals surface area contributed by atoms with E-state index in [0.29, 0.717) is 6.04 Å². The van der Waals surface area contributed by atoms with Gasteiger partial charge in [-0.25, -0.2) is 0 Å². The SMILES string of the molecule is CN1CCC(N(C)c2ccccc2[N+](=O)[O-])CC1. The highest BCUT2D eigenvalue weighted by atomic mass is 16.6. The van der Waals surface area contributed by atoms with Crippen LogP contribution in [-0.2, 0) is 0 Å². The summed E-state index contributed by atoms with van der Waals surface area (Å²) >= 11 is 0. The Morgan fingerprint density at radius 3 is 2.56 bits per heavy atom. The van der Waals surface area contributed by atoms with Crippen molar-refractivity contribution in [3.8, 4) is 0 Å². The second-order valence-corrected chi connectivity index (χ2v) is 4.89. The van der Waals surface area contributed by atoms with Gasteiger partial charge in [-0.15, -0.1) is 0 Å². The molecular weight excluding hydrogens is 230 g/mol. The normalized spacial score (nSPS) is 17.7. The van der Waals surface area contributed by atoms with Gasteiger partial charge in [0.25, 0.3) is 5.69 Å². The molecule has 1 aromatic rings. The molecule has 0 N–H and O–H groups in total. The van der Waals surface area contributed by atoms with Crippen LogP contribution in [-0.4, -0.2) is 43.0 Å². The monoisotopic (exact) mass is 249 g/mol. The number of likely N-dealkylation sites (tertiary alicyclic amines) is 1. The maximum Gasteiger partial charge on any atom is 0.292 e. The average Bonchev–Trinajstić information content (AvgIpc) is 2.39. The minimum absolute atomic E-state index is 0.193. The first-order chi connectivity index (χ1) is 8.59. The molecule has 0 bridgehead atoms. The fraction of sp³-hybridized carbons (Fsp3) is 0.538. The highest BCUT2D eigenvalue weighted by Gasteiger charge is 2.25. The van der Waals surface area contributed by atoms with E-state index in [9.17, 15) is 10.1 Å². The van der Waals surface area contributed by atoms with Gasteiger partial charge < -0.3 is 9.80 Å². The van der Waals surface area contributed by atoms with E-state index in [2.05, 4.69) is 16.8 Å². The van der Waals surface area contributed by atoms with Crippen molar-refractivity contribution < 1.29 is 4.92 Å². The third kappa shape index (κ3) is 2.61. The lowest BCUT2D eigenvalue weighted by Crippen LogP contribution is -2.42. The Morgan fingerprint density at radius 2 is 1.94 bits per heavy atom. The average molecular weight is 249 g/mol. The molecule has 1 aliphatic rings. The second kappa shape index (κ2) is 5.35. The van der Waals surface area contributed by atoms with E-state index < -0.39 is 0 Å². The molecule has 2 rings (SSSR count). The predicted molar refractivity (Wildman–Crippen MR) is 72.0 cm³/mol. The number of nitro benzene ring substituents is 1. The third-order valence-electron chi connectivity index (χ3n) is 3.69. The smallest absolute Gasteiger partial charge is 0.292 e. The first-order valence-electron chi connectivity index (χ1n) is 6.24. The first kappa shape index (κ1) is 12.8. The van der Waals surface area contributed by atoms with Crippen molar-refractivity contribution in [1.82, 2.24) is 4.90 Å². The zero-order valence-electron chi connectivity index (χ0n) is 10.9. The summed E-state index contributed by atoms with van der Waals surface area (Å²) in [6, 6.07) is 7.36. The highest BCUT2D eigenvalue weighted by Crippen LogP contribution is 2.30. The summed E-state index contributed by atoms with van der Waals surface area (Å²) < 4.78 is 0. The van der Waals surface area contributed by atoms with E-state index in [0.717, 1.165) is 31.6 Å². The van der Waals surface area contributed by atoms with Gasteiger partial charge in [-0.3, -0.25) is 10.1 Å². The van der Waals surface area contributed by atoms with Crippen LogP contribution in [0.25, 0.3) is 0 Å². The van der Waals surface area contributed by atoms with Crippen LogP contribution in [0.15, 0.2) is 24.3 Å². The molecule has 0 aromatic heterocycles. The number of benzene rings is 1. The molecule has 18 heavy (non-hydrogen) atoms. The van der Waals surface area contributed by atoms with Crippen LogP contribution in [0.3, 0.4) is 0 Å². The Kier molecular flexibility index (Phi) is 3.81. The number of nitrogens with zero attached hydrogens (tertiary/aromatic N) is 3. The molecule has 1 fully saturated rings. The van der Waals surface area contributed by atoms with Crippen molar-refractivity contribution in [2.24, 2.45) is 0 Å². The zero-order valence-corrected chi connectivity index (χ0v) is 10.9. The molecule has 1 heterocycles. The fourth-order valence-electron chi connectivity index (χ4n) is 2.50. The molecule has 98 valence electrons. The summed E-state index contributed by atoms with van der Waals surface area (Å²) in [6.45, 7) is 2.10. The van der Waals surface area contributed by atoms with Crippen LogP contribution in [0.2, 0.25) is 0 Å². The van der Waals surface area contributed by atoms with E-state index in [1.54, 1.807) is 12.1 Å². The van der Waals surface area contributed by atoms with Crippen LogP contribution < -0.4 is 4.90 Å². The molecule has 0 saturated carbocycles. The lowest BCUT2D eigenvalue weighted by atomic mass is 10.0. The lowest BCUT2D eigenvalue weighted by Gasteiger charge is -2.36. The Bertz CT molecular complexity index is 428. The minimum atomic E-state index is -0.305. The number of nitro groups is 1. The summed E-state index contributed by atoms with van der Waals surface area (Å²) in [7, 11) is 4.07. The van der Waals surface area contributed by atoms with Gasteiger partial charge in [0.05, 0.1) is 4.92 Å². The summed E-state index contributed by atoms with van der Waals surface area (Å²) in [4.78, 5) is 15.1. The summed E-state index contributed by atoms with van der Waals surface area (Å²) in [5.41, 5.74) is 0.913. The van der Waals surface area contributed by atoms with Gasteiger partial charge >= 0.3 is 0 Å². The third-order valence-corrected chi connectivity index (χ3v) is 3.69. The molecule has 5 heteroatoms. The van der Waals surface area contributed by atoms with Gasteiger partial charge in [0.2, 0.25) is 0 Å². The molecule has 1 saturated heterocycles. The molecule has 5 nitrogen and oxygen atoms in total. The molecule has 0 radical (unpaired) electrons. The summed E-state index contributed by atoms with van der Waals surface area (Å²) in [5.74, 6) is 0. The van der Waals surface area contributed by atoms with Gasteiger partial charge in [-0.05, 0) is 39.0 Å². The maximum atomic E-state index is 11.0. The largest absolute Gasteiger partial charge is 0.366 e. The van der Waals surface area contributed by atoms with Crippen molar-refractivity contribution in [3.05, 3.63) is 34.4 Å². The zero-order chi connectivity index (χ0) is 13.1. The Labute approximate surface area is 107 Å². The van der Waals surface area contributed by atoms with Crippen LogP contribution in [0.4, 0.5) is 11.4 Å². The fourth-order valence-corrected chi connectivity index (χ4v) is 2.50. The van der Waals surface area contributed by atoms with E-state index in [-0.39, 0.29) is 10.6 Å². The molecule has 0 unspecified atom stereocenters. The van der Waals surface area contributed by atoms with Gasteiger partial charge in [0.1, 0.15) is 5.69 Å². The molecule has 1 aromatic carbocycles. The maximum absolute atomic E-state index is 11.0. The standard InChI is InChI=1S/C13H19N3O2/c1-14-9-7-11(8-10-14)15(2)12-5-3-4-6-13(12)16(17)18/h3-6,11H,7-10H2,1-2H3. The van der Waals surface area contributed by atoms with Crippen LogP contribution in [0, 0.1) is 10.1 Å². The summed E-state index contributed by atoms with van der Waals surface area (Å²) in [6.07, 6.45) is 2.11. The molecule has 0 atom stereocenters. The van der Waals surface area contributed by atoms with Gasteiger partial charge in [0.15, 0.2) is 0 Å². The number of hydrogen-bond acceptors (Lipinski definition) is 4. The Balaban J connectivity index is 2.18. The van der Waals surface area contributed by atoms with Crippen LogP contribution >= 0.6 is 0 Å². The minimum Gasteiger partial charge on any atom is -0.366 e. The van der Waals surface area contributed by atoms with Crippen molar-refractivity contribution in [2.45, 2.75) is 18.9 Å². The Morgan fingerprint density at radius 1 is 1.33 bits per heavy atom. The van der Waals surface area contributed by atoms with E-state index in [1.807, 2.05) is 19.2 Å². The topological polar surface area (TPSA) is 49.6 Å². The van der Waals surface area contributed by atoms with Gasteiger partial charge in [0, 0.05) is 19.2 Å².